The number of nitrogens with two attached hydrogens (primary N) is 1. The molecule has 0 spiro atoms. The third-order valence-corrected chi connectivity index (χ3v) is 9.51. The van der Waals surface area contributed by atoms with Crippen LogP contribution < -0.4 is 19.8 Å². The van der Waals surface area contributed by atoms with E-state index in [1.807, 2.05) is 12.1 Å². The molecule has 10 nitrogen and oxygen atoms in total. The second kappa shape index (κ2) is 9.54. The Hall–Kier alpha value is -2.30. The molecule has 3 aromatic rings. The van der Waals surface area contributed by atoms with Crippen molar-refractivity contribution in [2.45, 2.75) is 41.4 Å². The average molecular weight is 610 g/mol. The number of nitrogens with zero attached hydrogens (tertiary/aromatic N) is 4. The molecular formula is C20H21BrF3N6O4S2+. The van der Waals surface area contributed by atoms with Crippen molar-refractivity contribution in [3.05, 3.63) is 22.9 Å². The second-order valence-corrected chi connectivity index (χ2v) is 12.2. The molecule has 1 unspecified atom stereocenters. The maximum atomic E-state index is 13.0. The fourth-order valence-corrected chi connectivity index (χ4v) is 6.67. The summed E-state index contributed by atoms with van der Waals surface area (Å²) in [6.45, 7) is 0.239. The van der Waals surface area contributed by atoms with E-state index < -0.39 is 15.5 Å². The first kappa shape index (κ1) is 25.4. The van der Waals surface area contributed by atoms with Gasteiger partial charge in [-0.05, 0) is 65.0 Å². The highest BCUT2D eigenvalue weighted by Gasteiger charge is 2.50. The number of imidazole rings is 1. The Morgan fingerprint density at radius 1 is 1.31 bits per heavy atom. The van der Waals surface area contributed by atoms with Crippen LogP contribution in [0.3, 0.4) is 0 Å². The summed E-state index contributed by atoms with van der Waals surface area (Å²) in [6, 6.07) is 3.65. The smallest absolute Gasteiger partial charge is 0.454 e. The summed E-state index contributed by atoms with van der Waals surface area (Å²) in [6.07, 6.45) is 2.98. The standard InChI is InChI=1S/C20H20BrF3N6O4S2/c21-12-6-13-14(34-10-33-13)7-15(12)35-19-27-16-17(25)26-9-29(18(16)28-19)5-3-11-2-1-4-30(8-11)36(31,32)20(22,23)24/h6-7,9,11H,1-5,8,10H2,(H2,25,27,28)/p+1. The van der Waals surface area contributed by atoms with Crippen molar-refractivity contribution in [2.24, 2.45) is 5.92 Å². The van der Waals surface area contributed by atoms with Gasteiger partial charge in [-0.15, -0.1) is 0 Å². The number of H-pyrrole nitrogens is 1. The fourth-order valence-electron chi connectivity index (χ4n) is 4.22. The molecule has 2 aliphatic heterocycles. The first-order valence-corrected chi connectivity index (χ1v) is 13.9. The summed E-state index contributed by atoms with van der Waals surface area (Å²) >= 11 is 4.87. The summed E-state index contributed by atoms with van der Waals surface area (Å²) < 4.78 is 76.5. The van der Waals surface area contributed by atoms with Crippen LogP contribution >= 0.6 is 27.7 Å². The number of benzene rings is 1. The van der Waals surface area contributed by atoms with Crippen molar-refractivity contribution in [3.8, 4) is 11.5 Å². The number of piperidine rings is 1. The van der Waals surface area contributed by atoms with E-state index in [2.05, 4.69) is 30.9 Å². The van der Waals surface area contributed by atoms with Crippen LogP contribution in [0.15, 0.2) is 33.0 Å². The molecule has 2 aromatic heterocycles. The first-order valence-electron chi connectivity index (χ1n) is 10.9. The van der Waals surface area contributed by atoms with Gasteiger partial charge in [0.15, 0.2) is 17.0 Å². The van der Waals surface area contributed by atoms with Gasteiger partial charge in [0, 0.05) is 22.5 Å². The fraction of sp³-hybridized carbons (Fsp3) is 0.450. The molecule has 0 amide bonds. The van der Waals surface area contributed by atoms with Gasteiger partial charge in [-0.1, -0.05) is 9.97 Å². The van der Waals surface area contributed by atoms with Gasteiger partial charge in [-0.2, -0.15) is 17.5 Å². The van der Waals surface area contributed by atoms with E-state index in [0.29, 0.717) is 57.9 Å². The van der Waals surface area contributed by atoms with Crippen molar-refractivity contribution in [2.75, 3.05) is 25.6 Å². The highest BCUT2D eigenvalue weighted by molar-refractivity contribution is 9.10. The van der Waals surface area contributed by atoms with Gasteiger partial charge in [0.25, 0.3) is 5.65 Å². The molecule has 36 heavy (non-hydrogen) atoms. The van der Waals surface area contributed by atoms with Gasteiger partial charge in [0.05, 0.1) is 6.54 Å². The molecule has 16 heteroatoms. The number of nitrogens with one attached hydrogen (secondary N) is 1. The lowest BCUT2D eigenvalue weighted by atomic mass is 9.96. The zero-order valence-electron chi connectivity index (χ0n) is 18.6. The van der Waals surface area contributed by atoms with E-state index in [4.69, 9.17) is 15.2 Å². The van der Waals surface area contributed by atoms with E-state index in [-0.39, 0.29) is 31.6 Å². The Bertz CT molecular complexity index is 1420. The minimum absolute atomic E-state index is 0.130. The zero-order valence-corrected chi connectivity index (χ0v) is 21.8. The number of aromatic nitrogens is 4. The predicted octanol–water partition coefficient (Wildman–Crippen LogP) is 3.42. The van der Waals surface area contributed by atoms with E-state index in [0.717, 1.165) is 9.37 Å². The molecule has 1 fully saturated rings. The van der Waals surface area contributed by atoms with Crippen molar-refractivity contribution >= 4 is 54.7 Å². The minimum Gasteiger partial charge on any atom is -0.454 e. The molecule has 1 atom stereocenters. The molecule has 5 rings (SSSR count). The van der Waals surface area contributed by atoms with Crippen LogP contribution in [-0.2, 0) is 16.6 Å². The van der Waals surface area contributed by atoms with Crippen molar-refractivity contribution in [3.63, 3.8) is 0 Å². The molecule has 194 valence electrons. The lowest BCUT2D eigenvalue weighted by Crippen LogP contribution is -2.46. The van der Waals surface area contributed by atoms with Gasteiger partial charge in [0.1, 0.15) is 0 Å². The van der Waals surface area contributed by atoms with Gasteiger partial charge >= 0.3 is 15.5 Å². The first-order chi connectivity index (χ1) is 17.0. The van der Waals surface area contributed by atoms with E-state index in [1.165, 1.54) is 18.1 Å². The summed E-state index contributed by atoms with van der Waals surface area (Å²) in [5, 5.41) is 0.554. The molecule has 4 heterocycles. The quantitative estimate of drug-likeness (QED) is 0.407. The van der Waals surface area contributed by atoms with Gasteiger partial charge in [-0.25, -0.2) is 13.0 Å². The molecule has 0 radical (unpaired) electrons. The average Bonchev–Trinajstić information content (AvgIpc) is 3.45. The van der Waals surface area contributed by atoms with Crippen LogP contribution in [0.1, 0.15) is 19.3 Å². The number of aryl methyl sites for hydroxylation is 1. The third-order valence-electron chi connectivity index (χ3n) is 6.05. The topological polar surface area (TPSA) is 127 Å². The molecule has 1 aromatic carbocycles. The van der Waals surface area contributed by atoms with Gasteiger partial charge in [0.2, 0.25) is 24.1 Å². The molecule has 0 bridgehead atoms. The molecular weight excluding hydrogens is 589 g/mol. The summed E-state index contributed by atoms with van der Waals surface area (Å²) in [7, 11) is -5.33. The summed E-state index contributed by atoms with van der Waals surface area (Å²) in [5.41, 5.74) is 1.82. The monoisotopic (exact) mass is 609 g/mol. The van der Waals surface area contributed by atoms with Crippen LogP contribution in [0.4, 0.5) is 19.0 Å². The largest absolute Gasteiger partial charge is 0.511 e. The van der Waals surface area contributed by atoms with Crippen LogP contribution in [-0.4, -0.2) is 53.1 Å². The van der Waals surface area contributed by atoms with Crippen LogP contribution in [0.25, 0.3) is 11.2 Å². The Morgan fingerprint density at radius 3 is 2.81 bits per heavy atom. The number of alkyl halides is 3. The van der Waals surface area contributed by atoms with Crippen LogP contribution in [0.5, 0.6) is 11.5 Å². The maximum Gasteiger partial charge on any atom is 0.511 e. The van der Waals surface area contributed by atoms with Gasteiger partial charge in [-0.3, -0.25) is 0 Å². The van der Waals surface area contributed by atoms with Crippen LogP contribution in [0.2, 0.25) is 0 Å². The molecule has 2 aliphatic rings. The SMILES string of the molecule is Nc1nc[n+](CCC2CCCN(S(=O)(=O)C(F)(F)F)C2)c2nc(Sc3cc4c(cc3Br)OCO4)[nH]c12. The Morgan fingerprint density at radius 2 is 2.06 bits per heavy atom. The number of hydrogen-bond acceptors (Lipinski definition) is 8. The maximum absolute atomic E-state index is 13.0. The lowest BCUT2D eigenvalue weighted by molar-refractivity contribution is -0.677. The molecule has 1 saturated heterocycles. The van der Waals surface area contributed by atoms with E-state index in [1.54, 1.807) is 4.57 Å². The number of anilines is 1. The molecule has 0 aliphatic carbocycles. The number of halogens is 4. The number of aromatic amines is 1. The van der Waals surface area contributed by atoms with Crippen molar-refractivity contribution in [1.82, 2.24) is 19.3 Å². The highest BCUT2D eigenvalue weighted by atomic mass is 79.9. The third kappa shape index (κ3) is 4.82. The van der Waals surface area contributed by atoms with E-state index in [9.17, 15) is 21.6 Å². The lowest BCUT2D eigenvalue weighted by Gasteiger charge is -2.32. The highest BCUT2D eigenvalue weighted by Crippen LogP contribution is 2.42. The number of nitrogen functional groups attached to an aromatic ring is 1. The van der Waals surface area contributed by atoms with Crippen molar-refractivity contribution in [1.29, 1.82) is 0 Å². The number of fused-ring (bicyclic) bond motifs is 2. The Labute approximate surface area is 216 Å². The predicted molar refractivity (Wildman–Crippen MR) is 127 cm³/mol. The van der Waals surface area contributed by atoms with Crippen LogP contribution in [0, 0.1) is 5.92 Å². The number of hydrogen-bond donors (Lipinski definition) is 2. The number of ether oxygens (including phenoxy) is 2. The summed E-state index contributed by atoms with van der Waals surface area (Å²) in [5.74, 6) is 1.30. The molecule has 3 N–H and O–H groups in total. The Balaban J connectivity index is 1.33. The van der Waals surface area contributed by atoms with E-state index >= 15 is 0 Å². The summed E-state index contributed by atoms with van der Waals surface area (Å²) in [4.78, 5) is 12.9. The minimum atomic E-state index is -5.33. The number of rotatable bonds is 6. The van der Waals surface area contributed by atoms with Gasteiger partial charge < -0.3 is 20.2 Å². The van der Waals surface area contributed by atoms with Crippen molar-refractivity contribution < 1.29 is 35.6 Å². The zero-order chi connectivity index (χ0) is 25.7. The Kier molecular flexibility index (Phi) is 6.72. The molecule has 0 saturated carbocycles. The second-order valence-electron chi connectivity index (χ2n) is 8.41. The normalized spacial score (nSPS) is 18.7. The number of sulfonamides is 1.